The molecule has 0 radical (unpaired) electrons. The molecule has 2 aromatic rings. The molecule has 94 valence electrons. The molecule has 1 aromatic heterocycles. The van der Waals surface area contributed by atoms with Crippen molar-refractivity contribution in [3.63, 3.8) is 0 Å². The van der Waals surface area contributed by atoms with Crippen LogP contribution in [0.4, 0.5) is 0 Å². The standard InChI is InChI=1S/C16H20N2/c1-14-3-5-16(6-4-14)13-18(2)12-9-15-7-10-17-11-8-15/h3-8,10-11H,9,12-13H2,1-2H3. The van der Waals surface area contributed by atoms with Crippen molar-refractivity contribution in [1.82, 2.24) is 9.88 Å². The van der Waals surface area contributed by atoms with Crippen LogP contribution in [-0.2, 0) is 13.0 Å². The van der Waals surface area contributed by atoms with Crippen molar-refractivity contribution >= 4 is 0 Å². The van der Waals surface area contributed by atoms with Gasteiger partial charge in [-0.25, -0.2) is 0 Å². The summed E-state index contributed by atoms with van der Waals surface area (Å²) in [6, 6.07) is 12.9. The van der Waals surface area contributed by atoms with Gasteiger partial charge in [0.05, 0.1) is 0 Å². The van der Waals surface area contributed by atoms with Crippen LogP contribution in [0.1, 0.15) is 16.7 Å². The Hall–Kier alpha value is -1.67. The van der Waals surface area contributed by atoms with Gasteiger partial charge in [-0.3, -0.25) is 4.98 Å². The zero-order chi connectivity index (χ0) is 12.8. The van der Waals surface area contributed by atoms with E-state index in [1.807, 2.05) is 12.4 Å². The summed E-state index contributed by atoms with van der Waals surface area (Å²) in [5.41, 5.74) is 4.04. The van der Waals surface area contributed by atoms with Crippen molar-refractivity contribution in [2.24, 2.45) is 0 Å². The molecular weight excluding hydrogens is 220 g/mol. The maximum absolute atomic E-state index is 4.03. The number of pyridine rings is 1. The Balaban J connectivity index is 1.82. The summed E-state index contributed by atoms with van der Waals surface area (Å²) in [7, 11) is 2.17. The smallest absolute Gasteiger partial charge is 0.0270 e. The predicted molar refractivity (Wildman–Crippen MR) is 75.5 cm³/mol. The van der Waals surface area contributed by atoms with E-state index in [1.165, 1.54) is 16.7 Å². The van der Waals surface area contributed by atoms with Crippen molar-refractivity contribution in [2.75, 3.05) is 13.6 Å². The Labute approximate surface area is 109 Å². The van der Waals surface area contributed by atoms with Gasteiger partial charge in [-0.05, 0) is 43.7 Å². The Morgan fingerprint density at radius 2 is 1.61 bits per heavy atom. The highest BCUT2D eigenvalue weighted by molar-refractivity contribution is 5.21. The zero-order valence-electron chi connectivity index (χ0n) is 11.1. The molecule has 1 heterocycles. The van der Waals surface area contributed by atoms with Crippen molar-refractivity contribution in [3.8, 4) is 0 Å². The van der Waals surface area contributed by atoms with Crippen LogP contribution in [0.5, 0.6) is 0 Å². The molecule has 0 aliphatic carbocycles. The molecule has 0 spiro atoms. The van der Waals surface area contributed by atoms with Gasteiger partial charge in [0.25, 0.3) is 0 Å². The van der Waals surface area contributed by atoms with E-state index in [1.54, 1.807) is 0 Å². The molecule has 0 amide bonds. The molecule has 2 heteroatoms. The van der Waals surface area contributed by atoms with Gasteiger partial charge in [-0.2, -0.15) is 0 Å². The molecule has 1 aromatic carbocycles. The lowest BCUT2D eigenvalue weighted by molar-refractivity contribution is 0.331. The summed E-state index contributed by atoms with van der Waals surface area (Å²) in [6.45, 7) is 4.19. The van der Waals surface area contributed by atoms with E-state index < -0.39 is 0 Å². The van der Waals surface area contributed by atoms with Gasteiger partial charge in [0, 0.05) is 25.5 Å². The minimum atomic E-state index is 1.01. The normalized spacial score (nSPS) is 10.8. The predicted octanol–water partition coefficient (Wildman–Crippen LogP) is 3.06. The van der Waals surface area contributed by atoms with E-state index in [0.717, 1.165) is 19.5 Å². The second kappa shape index (κ2) is 6.31. The Morgan fingerprint density at radius 3 is 2.28 bits per heavy atom. The van der Waals surface area contributed by atoms with Gasteiger partial charge in [0.1, 0.15) is 0 Å². The number of hydrogen-bond acceptors (Lipinski definition) is 2. The summed E-state index contributed by atoms with van der Waals surface area (Å²) in [5.74, 6) is 0. The topological polar surface area (TPSA) is 16.1 Å². The number of aryl methyl sites for hydroxylation is 1. The van der Waals surface area contributed by atoms with Crippen molar-refractivity contribution in [2.45, 2.75) is 19.9 Å². The van der Waals surface area contributed by atoms with Gasteiger partial charge < -0.3 is 4.90 Å². The quantitative estimate of drug-likeness (QED) is 0.798. The SMILES string of the molecule is Cc1ccc(CN(C)CCc2ccncc2)cc1. The number of rotatable bonds is 5. The molecular formula is C16H20N2. The number of hydrogen-bond donors (Lipinski definition) is 0. The fourth-order valence-electron chi connectivity index (χ4n) is 1.95. The number of benzene rings is 1. The summed E-state index contributed by atoms with van der Waals surface area (Å²) in [4.78, 5) is 6.39. The fourth-order valence-corrected chi connectivity index (χ4v) is 1.95. The molecule has 2 rings (SSSR count). The van der Waals surface area contributed by atoms with Crippen LogP contribution >= 0.6 is 0 Å². The van der Waals surface area contributed by atoms with Gasteiger partial charge in [-0.1, -0.05) is 29.8 Å². The minimum Gasteiger partial charge on any atom is -0.302 e. The lowest BCUT2D eigenvalue weighted by Gasteiger charge is -2.16. The Bertz CT molecular complexity index is 462. The van der Waals surface area contributed by atoms with Crippen LogP contribution in [0.15, 0.2) is 48.8 Å². The first kappa shape index (κ1) is 12.8. The molecule has 0 fully saturated rings. The van der Waals surface area contributed by atoms with Crippen LogP contribution in [0.25, 0.3) is 0 Å². The second-order valence-corrected chi connectivity index (χ2v) is 4.83. The second-order valence-electron chi connectivity index (χ2n) is 4.83. The van der Waals surface area contributed by atoms with Gasteiger partial charge >= 0.3 is 0 Å². The first-order valence-electron chi connectivity index (χ1n) is 6.37. The zero-order valence-corrected chi connectivity index (χ0v) is 11.1. The van der Waals surface area contributed by atoms with Crippen LogP contribution in [0.2, 0.25) is 0 Å². The van der Waals surface area contributed by atoms with Crippen LogP contribution in [0, 0.1) is 6.92 Å². The van der Waals surface area contributed by atoms with Gasteiger partial charge in [0.2, 0.25) is 0 Å². The monoisotopic (exact) mass is 240 g/mol. The van der Waals surface area contributed by atoms with Gasteiger partial charge in [-0.15, -0.1) is 0 Å². The summed E-state index contributed by atoms with van der Waals surface area (Å²) in [6.07, 6.45) is 4.79. The molecule has 0 N–H and O–H groups in total. The third kappa shape index (κ3) is 3.97. The summed E-state index contributed by atoms with van der Waals surface area (Å²) in [5, 5.41) is 0. The summed E-state index contributed by atoms with van der Waals surface area (Å²) >= 11 is 0. The van der Waals surface area contributed by atoms with Crippen molar-refractivity contribution < 1.29 is 0 Å². The third-order valence-corrected chi connectivity index (χ3v) is 3.10. The highest BCUT2D eigenvalue weighted by atomic mass is 15.1. The lowest BCUT2D eigenvalue weighted by atomic mass is 10.1. The molecule has 0 bridgehead atoms. The average molecular weight is 240 g/mol. The Kier molecular flexibility index (Phi) is 4.48. The molecule has 0 aliphatic rings. The molecule has 18 heavy (non-hydrogen) atoms. The molecule has 0 atom stereocenters. The molecule has 0 unspecified atom stereocenters. The number of nitrogens with zero attached hydrogens (tertiary/aromatic N) is 2. The van der Waals surface area contributed by atoms with Crippen molar-refractivity contribution in [1.29, 1.82) is 0 Å². The third-order valence-electron chi connectivity index (χ3n) is 3.10. The highest BCUT2D eigenvalue weighted by Crippen LogP contribution is 2.07. The molecule has 2 nitrogen and oxygen atoms in total. The van der Waals surface area contributed by atoms with E-state index in [4.69, 9.17) is 0 Å². The van der Waals surface area contributed by atoms with E-state index in [-0.39, 0.29) is 0 Å². The first-order chi connectivity index (χ1) is 8.74. The number of aromatic nitrogens is 1. The van der Waals surface area contributed by atoms with E-state index >= 15 is 0 Å². The minimum absolute atomic E-state index is 1.01. The van der Waals surface area contributed by atoms with Crippen LogP contribution in [-0.4, -0.2) is 23.5 Å². The van der Waals surface area contributed by atoms with E-state index in [2.05, 4.69) is 60.3 Å². The van der Waals surface area contributed by atoms with E-state index in [0.29, 0.717) is 0 Å². The lowest BCUT2D eigenvalue weighted by Crippen LogP contribution is -2.20. The molecule has 0 aliphatic heterocycles. The maximum atomic E-state index is 4.03. The largest absolute Gasteiger partial charge is 0.302 e. The van der Waals surface area contributed by atoms with Crippen molar-refractivity contribution in [3.05, 3.63) is 65.5 Å². The fraction of sp³-hybridized carbons (Fsp3) is 0.312. The molecule has 0 saturated heterocycles. The van der Waals surface area contributed by atoms with E-state index in [9.17, 15) is 0 Å². The first-order valence-corrected chi connectivity index (χ1v) is 6.37. The van der Waals surface area contributed by atoms with Gasteiger partial charge in [0.15, 0.2) is 0 Å². The highest BCUT2D eigenvalue weighted by Gasteiger charge is 2.01. The molecule has 0 saturated carbocycles. The Morgan fingerprint density at radius 1 is 0.944 bits per heavy atom. The number of likely N-dealkylation sites (N-methyl/N-ethyl adjacent to an activating group) is 1. The van der Waals surface area contributed by atoms with Crippen LogP contribution in [0.3, 0.4) is 0 Å². The average Bonchev–Trinajstić information content (AvgIpc) is 2.40. The summed E-state index contributed by atoms with van der Waals surface area (Å²) < 4.78 is 0. The van der Waals surface area contributed by atoms with Crippen LogP contribution < -0.4 is 0 Å². The maximum Gasteiger partial charge on any atom is 0.0270 e.